The highest BCUT2D eigenvalue weighted by molar-refractivity contribution is 6.06. The van der Waals surface area contributed by atoms with Gasteiger partial charge in [-0.15, -0.1) is 0 Å². The number of carbonyl (C=O) groups excluding carboxylic acids is 3. The zero-order chi connectivity index (χ0) is 29.4. The molecule has 0 spiro atoms. The van der Waals surface area contributed by atoms with Crippen molar-refractivity contribution in [2.24, 2.45) is 0 Å². The van der Waals surface area contributed by atoms with Crippen molar-refractivity contribution in [3.63, 3.8) is 0 Å². The summed E-state index contributed by atoms with van der Waals surface area (Å²) in [7, 11) is 0. The number of hydrogen-bond donors (Lipinski definition) is 3. The van der Waals surface area contributed by atoms with Crippen molar-refractivity contribution in [1.29, 1.82) is 0 Å². The van der Waals surface area contributed by atoms with Crippen LogP contribution in [0.15, 0.2) is 18.2 Å². The van der Waals surface area contributed by atoms with Crippen LogP contribution in [0, 0.1) is 0 Å². The van der Waals surface area contributed by atoms with Gasteiger partial charge in [0.25, 0.3) is 5.91 Å². The van der Waals surface area contributed by atoms with Crippen LogP contribution >= 0.6 is 0 Å². The van der Waals surface area contributed by atoms with Gasteiger partial charge in [0.15, 0.2) is 0 Å². The smallest absolute Gasteiger partial charge is 0.255 e. The summed E-state index contributed by atoms with van der Waals surface area (Å²) in [6.45, 7) is 11.5. The van der Waals surface area contributed by atoms with Crippen LogP contribution in [-0.4, -0.2) is 139 Å². The van der Waals surface area contributed by atoms with Crippen LogP contribution in [0.1, 0.15) is 28.8 Å². The fourth-order valence-electron chi connectivity index (χ4n) is 5.12. The van der Waals surface area contributed by atoms with E-state index in [9.17, 15) is 14.4 Å². The number of imide groups is 1. The topological polar surface area (TPSA) is 140 Å². The molecule has 42 heavy (non-hydrogen) atoms. The third-order valence-electron chi connectivity index (χ3n) is 7.39. The molecule has 0 saturated carbocycles. The molecule has 1 aromatic carbocycles. The van der Waals surface area contributed by atoms with Gasteiger partial charge in [-0.2, -0.15) is 0 Å². The van der Waals surface area contributed by atoms with Crippen molar-refractivity contribution in [2.45, 2.75) is 25.4 Å². The average Bonchev–Trinajstić information content (AvgIpc) is 3.33. The summed E-state index contributed by atoms with van der Waals surface area (Å²) in [5.41, 5.74) is 2.28. The van der Waals surface area contributed by atoms with Crippen LogP contribution in [0.25, 0.3) is 0 Å². The van der Waals surface area contributed by atoms with Gasteiger partial charge < -0.3 is 39.2 Å². The summed E-state index contributed by atoms with van der Waals surface area (Å²) in [6, 6.07) is 4.88. The number of hydrogen-bond acceptors (Lipinski definition) is 11. The second-order valence-corrected chi connectivity index (χ2v) is 10.3. The Labute approximate surface area is 247 Å². The molecule has 0 bridgehead atoms. The number of anilines is 1. The maximum Gasteiger partial charge on any atom is 0.255 e. The van der Waals surface area contributed by atoms with Crippen LogP contribution in [0.4, 0.5) is 5.69 Å². The Morgan fingerprint density at radius 2 is 1.43 bits per heavy atom. The molecule has 1 atom stereocenters. The third kappa shape index (κ3) is 10.3. The van der Waals surface area contributed by atoms with Gasteiger partial charge in [-0.1, -0.05) is 6.07 Å². The molecule has 3 heterocycles. The second-order valence-electron chi connectivity index (χ2n) is 10.3. The number of fused-ring (bicyclic) bond motifs is 1. The van der Waals surface area contributed by atoms with Gasteiger partial charge in [0.1, 0.15) is 6.04 Å². The van der Waals surface area contributed by atoms with E-state index in [0.29, 0.717) is 84.5 Å². The monoisotopic (exact) mass is 591 g/mol. The molecule has 13 nitrogen and oxygen atoms in total. The number of nitrogens with zero attached hydrogens (tertiary/aromatic N) is 2. The van der Waals surface area contributed by atoms with E-state index in [0.717, 1.165) is 50.6 Å². The largest absolute Gasteiger partial charge is 0.382 e. The summed E-state index contributed by atoms with van der Waals surface area (Å²) in [5, 5.41) is 9.00. The molecule has 3 amide bonds. The van der Waals surface area contributed by atoms with Crippen LogP contribution in [-0.2, 0) is 39.8 Å². The molecule has 1 aromatic rings. The molecule has 4 rings (SSSR count). The molecule has 0 radical (unpaired) electrons. The van der Waals surface area contributed by atoms with Crippen molar-refractivity contribution in [1.82, 2.24) is 20.4 Å². The SMILES string of the molecule is O=C1CCC(N2Cc3c(NCCOCCOCCOCCOCCOCCN4CCNCC4)cccc3C2=O)C(=O)N1. The van der Waals surface area contributed by atoms with E-state index >= 15 is 0 Å². The van der Waals surface area contributed by atoms with E-state index in [-0.39, 0.29) is 18.2 Å². The quantitative estimate of drug-likeness (QED) is 0.138. The molecular weight excluding hydrogens is 546 g/mol. The number of rotatable bonds is 20. The van der Waals surface area contributed by atoms with Crippen LogP contribution < -0.4 is 16.0 Å². The van der Waals surface area contributed by atoms with Gasteiger partial charge >= 0.3 is 0 Å². The lowest BCUT2D eigenvalue weighted by molar-refractivity contribution is -0.136. The Bertz CT molecular complexity index is 1010. The molecule has 13 heteroatoms. The van der Waals surface area contributed by atoms with Crippen molar-refractivity contribution in [3.8, 4) is 0 Å². The van der Waals surface area contributed by atoms with E-state index in [1.165, 1.54) is 0 Å². The molecule has 2 saturated heterocycles. The first kappa shape index (κ1) is 32.3. The molecule has 0 aliphatic carbocycles. The number of piperazine rings is 1. The number of nitrogens with one attached hydrogen (secondary N) is 3. The van der Waals surface area contributed by atoms with E-state index < -0.39 is 11.9 Å². The number of piperidine rings is 1. The normalized spacial score (nSPS) is 19.3. The fourth-order valence-corrected chi connectivity index (χ4v) is 5.12. The Kier molecular flexibility index (Phi) is 13.9. The third-order valence-corrected chi connectivity index (χ3v) is 7.39. The number of carbonyl (C=O) groups is 3. The molecule has 234 valence electrons. The lowest BCUT2D eigenvalue weighted by Crippen LogP contribution is -2.52. The Hall–Kier alpha value is -2.65. The van der Waals surface area contributed by atoms with E-state index in [2.05, 4.69) is 20.9 Å². The molecular formula is C29H45N5O8. The Morgan fingerprint density at radius 1 is 0.810 bits per heavy atom. The minimum Gasteiger partial charge on any atom is -0.382 e. The summed E-state index contributed by atoms with van der Waals surface area (Å²) in [4.78, 5) is 40.6. The van der Waals surface area contributed by atoms with Gasteiger partial charge in [-0.3, -0.25) is 24.6 Å². The average molecular weight is 592 g/mol. The lowest BCUT2D eigenvalue weighted by atomic mass is 10.0. The van der Waals surface area contributed by atoms with Crippen LogP contribution in [0.2, 0.25) is 0 Å². The van der Waals surface area contributed by atoms with Gasteiger partial charge in [0, 0.05) is 69.0 Å². The van der Waals surface area contributed by atoms with Crippen molar-refractivity contribution in [3.05, 3.63) is 29.3 Å². The van der Waals surface area contributed by atoms with Gasteiger partial charge in [0.05, 0.1) is 66.1 Å². The Morgan fingerprint density at radius 3 is 2.07 bits per heavy atom. The van der Waals surface area contributed by atoms with Crippen molar-refractivity contribution >= 4 is 23.4 Å². The predicted octanol–water partition coefficient (Wildman–Crippen LogP) is -0.152. The maximum absolute atomic E-state index is 12.9. The number of amides is 3. The molecule has 3 aliphatic rings. The summed E-state index contributed by atoms with van der Waals surface area (Å²) in [5.74, 6) is -0.891. The minimum atomic E-state index is -0.625. The zero-order valence-corrected chi connectivity index (χ0v) is 24.4. The van der Waals surface area contributed by atoms with Crippen molar-refractivity contribution < 1.29 is 38.1 Å². The first-order chi connectivity index (χ1) is 20.6. The van der Waals surface area contributed by atoms with Gasteiger partial charge in [-0.25, -0.2) is 0 Å². The van der Waals surface area contributed by atoms with E-state index in [4.69, 9.17) is 23.7 Å². The highest BCUT2D eigenvalue weighted by atomic mass is 16.6. The molecule has 2 fully saturated rings. The first-order valence-electron chi connectivity index (χ1n) is 15.0. The highest BCUT2D eigenvalue weighted by Gasteiger charge is 2.39. The van der Waals surface area contributed by atoms with Crippen LogP contribution in [0.5, 0.6) is 0 Å². The van der Waals surface area contributed by atoms with E-state index in [1.807, 2.05) is 12.1 Å². The summed E-state index contributed by atoms with van der Waals surface area (Å²) in [6.07, 6.45) is 0.580. The number of benzene rings is 1. The van der Waals surface area contributed by atoms with E-state index in [1.54, 1.807) is 11.0 Å². The van der Waals surface area contributed by atoms with Crippen molar-refractivity contribution in [2.75, 3.05) is 111 Å². The lowest BCUT2D eigenvalue weighted by Gasteiger charge is -2.29. The summed E-state index contributed by atoms with van der Waals surface area (Å²) >= 11 is 0. The zero-order valence-electron chi connectivity index (χ0n) is 24.4. The maximum atomic E-state index is 12.9. The van der Waals surface area contributed by atoms with Crippen LogP contribution in [0.3, 0.4) is 0 Å². The Balaban J connectivity index is 0.948. The van der Waals surface area contributed by atoms with Gasteiger partial charge in [0.2, 0.25) is 11.8 Å². The van der Waals surface area contributed by atoms with Gasteiger partial charge in [-0.05, 0) is 18.6 Å². The standard InChI is InChI=1S/C29H45N5O8/c35-27-5-4-26(28(36)32-27)34-22-24-23(29(34)37)2-1-3-25(24)31-8-12-38-14-16-40-18-20-42-21-19-41-17-15-39-13-11-33-9-6-30-7-10-33/h1-3,26,30-31H,4-22H2,(H,32,35,36). The predicted molar refractivity (Wildman–Crippen MR) is 154 cm³/mol. The highest BCUT2D eigenvalue weighted by Crippen LogP contribution is 2.32. The summed E-state index contributed by atoms with van der Waals surface area (Å²) < 4.78 is 27.8. The molecule has 3 aliphatic heterocycles. The minimum absolute atomic E-state index is 0.185. The first-order valence-corrected chi connectivity index (χ1v) is 15.0. The second kappa shape index (κ2) is 18.1. The number of ether oxygens (including phenoxy) is 5. The fraction of sp³-hybridized carbons (Fsp3) is 0.690. The molecule has 0 aromatic heterocycles. The molecule has 3 N–H and O–H groups in total. The molecule has 1 unspecified atom stereocenters.